The third kappa shape index (κ3) is 5.94. The molecule has 0 radical (unpaired) electrons. The molecule has 172 valence electrons. The van der Waals surface area contributed by atoms with E-state index in [-0.39, 0.29) is 30.3 Å². The lowest BCUT2D eigenvalue weighted by Gasteiger charge is -2.32. The number of carbonyl (C=O) groups is 1. The van der Waals surface area contributed by atoms with Gasteiger partial charge in [-0.05, 0) is 51.2 Å². The largest absolute Gasteiger partial charge is 0.479 e. The maximum atomic E-state index is 11.8. The van der Waals surface area contributed by atoms with Crippen molar-refractivity contribution in [1.29, 1.82) is 0 Å². The van der Waals surface area contributed by atoms with Crippen LogP contribution < -0.4 is 0 Å². The van der Waals surface area contributed by atoms with Crippen LogP contribution in [0.4, 0.5) is 0 Å². The summed E-state index contributed by atoms with van der Waals surface area (Å²) >= 11 is 0. The van der Waals surface area contributed by atoms with Crippen LogP contribution in [-0.2, 0) is 23.4 Å². The van der Waals surface area contributed by atoms with Crippen LogP contribution in [-0.4, -0.2) is 56.7 Å². The lowest BCUT2D eigenvalue weighted by atomic mass is 9.94. The highest BCUT2D eigenvalue weighted by atomic mass is 28.4. The number of fused-ring (bicyclic) bond motifs is 1. The molecule has 0 aromatic heterocycles. The number of aliphatic carboxylic acids is 1. The van der Waals surface area contributed by atoms with E-state index in [1.807, 2.05) is 6.08 Å². The van der Waals surface area contributed by atoms with Crippen molar-refractivity contribution in [2.45, 2.75) is 96.1 Å². The van der Waals surface area contributed by atoms with Crippen LogP contribution in [0.5, 0.6) is 0 Å². The second-order valence-electron chi connectivity index (χ2n) is 10.4. The fraction of sp³-hybridized carbons (Fsp3) is 0.870. The number of rotatable bonds is 8. The third-order valence-corrected chi connectivity index (χ3v) is 9.37. The molecule has 6 nitrogen and oxygen atoms in total. The molecule has 0 amide bonds. The Kier molecular flexibility index (Phi) is 7.83. The van der Waals surface area contributed by atoms with E-state index < -0.39 is 19.9 Å². The average molecular weight is 441 g/mol. The first-order valence-electron chi connectivity index (χ1n) is 11.6. The van der Waals surface area contributed by atoms with Gasteiger partial charge in [0, 0.05) is 37.9 Å². The van der Waals surface area contributed by atoms with E-state index in [4.69, 9.17) is 18.6 Å². The summed E-state index contributed by atoms with van der Waals surface area (Å²) in [5.41, 5.74) is -1.19. The fourth-order valence-corrected chi connectivity index (χ4v) is 7.93. The summed E-state index contributed by atoms with van der Waals surface area (Å²) in [6.07, 6.45) is 7.89. The van der Waals surface area contributed by atoms with Gasteiger partial charge < -0.3 is 23.7 Å². The Balaban J connectivity index is 1.75. The van der Waals surface area contributed by atoms with Crippen LogP contribution in [0.15, 0.2) is 12.2 Å². The Morgan fingerprint density at radius 3 is 2.73 bits per heavy atom. The predicted octanol–water partition coefficient (Wildman–Crippen LogP) is 4.60. The van der Waals surface area contributed by atoms with Crippen molar-refractivity contribution in [3.8, 4) is 0 Å². The number of carboxylic acid groups (broad SMARTS) is 1. The molecule has 3 rings (SSSR count). The predicted molar refractivity (Wildman–Crippen MR) is 118 cm³/mol. The van der Waals surface area contributed by atoms with Gasteiger partial charge in [-0.3, -0.25) is 0 Å². The van der Waals surface area contributed by atoms with E-state index in [2.05, 4.69) is 33.0 Å². The van der Waals surface area contributed by atoms with Gasteiger partial charge >= 0.3 is 5.97 Å². The summed E-state index contributed by atoms with van der Waals surface area (Å²) in [6, 6.07) is 1.12. The van der Waals surface area contributed by atoms with E-state index >= 15 is 0 Å². The lowest BCUT2D eigenvalue weighted by molar-refractivity contribution is -0.199. The minimum Gasteiger partial charge on any atom is -0.479 e. The second kappa shape index (κ2) is 9.82. The zero-order chi connectivity index (χ0) is 21.9. The molecule has 0 bridgehead atoms. The highest BCUT2D eigenvalue weighted by Crippen LogP contribution is 2.43. The molecule has 1 saturated heterocycles. The molecule has 1 aliphatic carbocycles. The van der Waals surface area contributed by atoms with Crippen molar-refractivity contribution in [1.82, 2.24) is 0 Å². The molecular weight excluding hydrogens is 400 g/mol. The van der Waals surface area contributed by atoms with Crippen molar-refractivity contribution in [2.24, 2.45) is 17.8 Å². The molecule has 1 N–H and O–H groups in total. The number of ether oxygens (including phenoxy) is 3. The highest BCUT2D eigenvalue weighted by Gasteiger charge is 2.50. The first-order valence-corrected chi connectivity index (χ1v) is 14.7. The van der Waals surface area contributed by atoms with Crippen LogP contribution in [0.3, 0.4) is 0 Å². The average Bonchev–Trinajstić information content (AvgIpc) is 2.85. The molecule has 1 saturated carbocycles. The lowest BCUT2D eigenvalue weighted by Crippen LogP contribution is -2.41. The second-order valence-corrected chi connectivity index (χ2v) is 14.7. The molecule has 6 atom stereocenters. The highest BCUT2D eigenvalue weighted by molar-refractivity contribution is 6.71. The maximum absolute atomic E-state index is 11.8. The molecule has 3 aliphatic rings. The van der Waals surface area contributed by atoms with Gasteiger partial charge in [0.2, 0.25) is 0 Å². The normalized spacial score (nSPS) is 37.2. The van der Waals surface area contributed by atoms with Crippen LogP contribution in [0.25, 0.3) is 0 Å². The van der Waals surface area contributed by atoms with Crippen molar-refractivity contribution >= 4 is 14.3 Å². The molecule has 2 heterocycles. The van der Waals surface area contributed by atoms with E-state index in [9.17, 15) is 9.90 Å². The van der Waals surface area contributed by atoms with E-state index in [0.29, 0.717) is 25.4 Å². The van der Waals surface area contributed by atoms with Crippen molar-refractivity contribution < 1.29 is 28.5 Å². The standard InChI is InChI=1S/C23H40O6Si/c1-16(2)15-30(4,5)27-14-18-17-9-8-11-23(3,22(24)25)29-20(17)13-19(18)28-21-10-6-7-12-26-21/h8-9,16-21H,6-7,10-15H2,1-5H3,(H,24,25)/t17-,18-,19-,20+,21?,23-/m1/s1. The molecule has 0 aromatic carbocycles. The maximum Gasteiger partial charge on any atom is 0.336 e. The molecule has 30 heavy (non-hydrogen) atoms. The van der Waals surface area contributed by atoms with Crippen molar-refractivity contribution in [3.63, 3.8) is 0 Å². The Bertz CT molecular complexity index is 615. The van der Waals surface area contributed by atoms with Gasteiger partial charge in [0.15, 0.2) is 20.2 Å². The van der Waals surface area contributed by atoms with Crippen molar-refractivity contribution in [2.75, 3.05) is 13.2 Å². The quantitative estimate of drug-likeness (QED) is 0.439. The van der Waals surface area contributed by atoms with Gasteiger partial charge in [-0.25, -0.2) is 4.79 Å². The molecule has 0 aromatic rings. The first-order chi connectivity index (χ1) is 14.1. The summed E-state index contributed by atoms with van der Waals surface area (Å²) in [7, 11) is -1.78. The minimum absolute atomic E-state index is 0.0484. The monoisotopic (exact) mass is 440 g/mol. The van der Waals surface area contributed by atoms with Crippen LogP contribution in [0.2, 0.25) is 19.1 Å². The number of carboxylic acids is 1. The van der Waals surface area contributed by atoms with Crippen LogP contribution >= 0.6 is 0 Å². The van der Waals surface area contributed by atoms with Gasteiger partial charge in [0.1, 0.15) is 0 Å². The van der Waals surface area contributed by atoms with E-state index in [1.165, 1.54) is 0 Å². The minimum atomic E-state index is -1.78. The Morgan fingerprint density at radius 2 is 2.10 bits per heavy atom. The molecule has 2 fully saturated rings. The zero-order valence-corrected chi connectivity index (χ0v) is 20.3. The molecule has 2 aliphatic heterocycles. The van der Waals surface area contributed by atoms with E-state index in [0.717, 1.165) is 31.9 Å². The van der Waals surface area contributed by atoms with Gasteiger partial charge in [0.05, 0.1) is 12.2 Å². The van der Waals surface area contributed by atoms with E-state index in [1.54, 1.807) is 6.92 Å². The Labute approximate surface area is 182 Å². The van der Waals surface area contributed by atoms with Crippen LogP contribution in [0, 0.1) is 17.8 Å². The van der Waals surface area contributed by atoms with Gasteiger partial charge in [-0.2, -0.15) is 0 Å². The SMILES string of the molecule is CC(C)C[Si](C)(C)OC[C@@H]1[C@H]2C=CC[C@](C)(C(=O)O)O[C@H]2C[C@H]1OC1CCCCO1. The topological polar surface area (TPSA) is 74.2 Å². The summed E-state index contributed by atoms with van der Waals surface area (Å²) in [5.74, 6) is -0.0513. The smallest absolute Gasteiger partial charge is 0.336 e. The third-order valence-electron chi connectivity index (χ3n) is 6.63. The Hall–Kier alpha value is -0.733. The molecular formula is C23H40O6Si. The summed E-state index contributed by atoms with van der Waals surface area (Å²) < 4.78 is 25.0. The summed E-state index contributed by atoms with van der Waals surface area (Å²) in [5, 5.41) is 9.70. The first kappa shape index (κ1) is 23.9. The summed E-state index contributed by atoms with van der Waals surface area (Å²) in [6.45, 7) is 12.1. The van der Waals surface area contributed by atoms with Gasteiger partial charge in [-0.1, -0.05) is 26.0 Å². The number of hydrogen-bond acceptors (Lipinski definition) is 5. The fourth-order valence-electron chi connectivity index (χ4n) is 5.20. The van der Waals surface area contributed by atoms with Gasteiger partial charge in [-0.15, -0.1) is 0 Å². The number of hydrogen-bond donors (Lipinski definition) is 1. The Morgan fingerprint density at radius 1 is 1.33 bits per heavy atom. The zero-order valence-electron chi connectivity index (χ0n) is 19.3. The molecule has 0 spiro atoms. The molecule has 7 heteroatoms. The van der Waals surface area contributed by atoms with Gasteiger partial charge in [0.25, 0.3) is 0 Å². The molecule has 1 unspecified atom stereocenters. The van der Waals surface area contributed by atoms with Crippen molar-refractivity contribution in [3.05, 3.63) is 12.2 Å². The summed E-state index contributed by atoms with van der Waals surface area (Å²) in [4.78, 5) is 11.8. The van der Waals surface area contributed by atoms with Crippen LogP contribution in [0.1, 0.15) is 52.9 Å².